The van der Waals surface area contributed by atoms with E-state index >= 15 is 0 Å². The van der Waals surface area contributed by atoms with Crippen LogP contribution in [0.25, 0.3) is 11.0 Å². The number of pyridine rings is 1. The van der Waals surface area contributed by atoms with E-state index in [2.05, 4.69) is 22.2 Å². The molecule has 3 heterocycles. The molecule has 2 atom stereocenters. The van der Waals surface area contributed by atoms with Gasteiger partial charge in [-0.25, -0.2) is 4.98 Å². The van der Waals surface area contributed by atoms with E-state index in [4.69, 9.17) is 0 Å². The third-order valence-electron chi connectivity index (χ3n) is 4.06. The van der Waals surface area contributed by atoms with E-state index in [-0.39, 0.29) is 6.04 Å². The summed E-state index contributed by atoms with van der Waals surface area (Å²) in [5.41, 5.74) is 2.90. The van der Waals surface area contributed by atoms with Crippen molar-refractivity contribution in [2.75, 3.05) is 18.0 Å². The molecule has 0 amide bonds. The molecule has 0 aliphatic carbocycles. The van der Waals surface area contributed by atoms with Gasteiger partial charge in [-0.15, -0.1) is 0 Å². The monoisotopic (exact) mass is 306 g/mol. The number of aromatic nitrogens is 2. The Kier molecular flexibility index (Phi) is 3.94. The number of H-pyrrole nitrogens is 1. The van der Waals surface area contributed by atoms with E-state index in [0.717, 1.165) is 36.2 Å². The van der Waals surface area contributed by atoms with Crippen LogP contribution in [0.5, 0.6) is 0 Å². The van der Waals surface area contributed by atoms with E-state index < -0.39 is 10.3 Å². The first kappa shape index (κ1) is 14.1. The second-order valence-electron chi connectivity index (χ2n) is 5.38. The van der Waals surface area contributed by atoms with Gasteiger partial charge in [-0.1, -0.05) is 6.92 Å². The summed E-state index contributed by atoms with van der Waals surface area (Å²) in [5.74, 6) is 0.410. The Morgan fingerprint density at radius 2 is 2.29 bits per heavy atom. The molecule has 21 heavy (non-hydrogen) atoms. The Morgan fingerprint density at radius 1 is 1.43 bits per heavy atom. The normalized spacial score (nSPS) is 22.1. The summed E-state index contributed by atoms with van der Waals surface area (Å²) in [4.78, 5) is 9.18. The van der Waals surface area contributed by atoms with Gasteiger partial charge in [0, 0.05) is 30.4 Å². The average molecular weight is 306 g/mol. The Balaban J connectivity index is 2.11. The molecule has 1 aliphatic rings. The molecule has 0 radical (unpaired) electrons. The fraction of sp³-hybridized carbons (Fsp3) is 0.429. The highest BCUT2D eigenvalue weighted by Gasteiger charge is 2.28. The molecule has 112 valence electrons. The molecule has 3 rings (SSSR count). The summed E-state index contributed by atoms with van der Waals surface area (Å²) < 4.78 is 22.5. The van der Waals surface area contributed by atoms with Crippen molar-refractivity contribution < 1.29 is 8.42 Å². The second-order valence-corrected chi connectivity index (χ2v) is 6.11. The molecule has 1 aliphatic heterocycles. The Hall–Kier alpha value is -1.86. The highest BCUT2D eigenvalue weighted by atomic mass is 32.2. The molecule has 2 unspecified atom stereocenters. The van der Waals surface area contributed by atoms with Gasteiger partial charge >= 0.3 is 0 Å². The minimum atomic E-state index is -2.25. The van der Waals surface area contributed by atoms with Crippen LogP contribution in [0.1, 0.15) is 13.3 Å². The van der Waals surface area contributed by atoms with Gasteiger partial charge in [-0.3, -0.25) is 0 Å². The molecular formula is C14H18N4O2S. The van der Waals surface area contributed by atoms with Gasteiger partial charge in [0.05, 0.1) is 5.69 Å². The first-order chi connectivity index (χ1) is 10.2. The summed E-state index contributed by atoms with van der Waals surface area (Å²) in [6.07, 6.45) is 4.54. The van der Waals surface area contributed by atoms with Crippen molar-refractivity contribution in [3.63, 3.8) is 0 Å². The Bertz CT molecular complexity index is 760. The number of hydrogen-bond acceptors (Lipinski definition) is 4. The standard InChI is InChI=1S/C14H18N4O2S/c1-10-2-5-15-8-13(10)18(9-21(19)20)12-4-7-17-14-11(12)3-6-16-14/h3-4,6-7,9-10,13,15H,2,5,8H2,1H3,(H,16,17). The van der Waals surface area contributed by atoms with Crippen molar-refractivity contribution in [1.82, 2.24) is 15.3 Å². The lowest BCUT2D eigenvalue weighted by Crippen LogP contribution is -2.50. The molecular weight excluding hydrogens is 288 g/mol. The van der Waals surface area contributed by atoms with E-state index in [9.17, 15) is 8.42 Å². The highest BCUT2D eigenvalue weighted by molar-refractivity contribution is 7.71. The van der Waals surface area contributed by atoms with Crippen LogP contribution in [0.4, 0.5) is 5.69 Å². The number of nitrogens with one attached hydrogen (secondary N) is 2. The van der Waals surface area contributed by atoms with Gasteiger partial charge in [-0.05, 0) is 31.0 Å². The summed E-state index contributed by atoms with van der Waals surface area (Å²) >= 11 is 0. The lowest BCUT2D eigenvalue weighted by molar-refractivity contribution is 0.350. The maximum absolute atomic E-state index is 11.3. The molecule has 0 saturated carbocycles. The van der Waals surface area contributed by atoms with Crippen molar-refractivity contribution in [3.8, 4) is 0 Å². The van der Waals surface area contributed by atoms with Crippen molar-refractivity contribution >= 4 is 32.5 Å². The van der Waals surface area contributed by atoms with Crippen molar-refractivity contribution in [3.05, 3.63) is 24.5 Å². The van der Waals surface area contributed by atoms with Crippen molar-refractivity contribution in [1.29, 1.82) is 0 Å². The predicted molar refractivity (Wildman–Crippen MR) is 84.0 cm³/mol. The van der Waals surface area contributed by atoms with Gasteiger partial charge < -0.3 is 15.2 Å². The van der Waals surface area contributed by atoms with Crippen LogP contribution in [0.3, 0.4) is 0 Å². The number of nitrogens with zero attached hydrogens (tertiary/aromatic N) is 2. The molecule has 0 spiro atoms. The number of anilines is 1. The number of hydrogen-bond donors (Lipinski definition) is 2. The van der Waals surface area contributed by atoms with Crippen LogP contribution in [0, 0.1) is 5.92 Å². The third-order valence-corrected chi connectivity index (χ3v) is 4.46. The van der Waals surface area contributed by atoms with Crippen molar-refractivity contribution in [2.24, 2.45) is 5.92 Å². The first-order valence-corrected chi connectivity index (χ1v) is 8.15. The maximum atomic E-state index is 11.3. The quantitative estimate of drug-likeness (QED) is 0.827. The lowest BCUT2D eigenvalue weighted by Gasteiger charge is -2.37. The van der Waals surface area contributed by atoms with Gasteiger partial charge in [0.15, 0.2) is 0 Å². The Labute approximate surface area is 124 Å². The van der Waals surface area contributed by atoms with Crippen LogP contribution >= 0.6 is 0 Å². The molecule has 1 saturated heterocycles. The minimum absolute atomic E-state index is 0.108. The number of fused-ring (bicyclic) bond motifs is 1. The zero-order chi connectivity index (χ0) is 14.8. The third kappa shape index (κ3) is 2.79. The molecule has 2 aromatic rings. The molecule has 2 aromatic heterocycles. The predicted octanol–water partition coefficient (Wildman–Crippen LogP) is 1.01. The fourth-order valence-electron chi connectivity index (χ4n) is 2.92. The first-order valence-electron chi connectivity index (χ1n) is 7.01. The number of aromatic amines is 1. The van der Waals surface area contributed by atoms with Crippen molar-refractivity contribution in [2.45, 2.75) is 19.4 Å². The maximum Gasteiger partial charge on any atom is 0.230 e. The zero-order valence-electron chi connectivity index (χ0n) is 11.8. The van der Waals surface area contributed by atoms with Crippen LogP contribution in [-0.2, 0) is 10.3 Å². The number of rotatable bonds is 3. The summed E-state index contributed by atoms with van der Waals surface area (Å²) in [6, 6.07) is 3.89. The van der Waals surface area contributed by atoms with Crippen LogP contribution < -0.4 is 10.2 Å². The van der Waals surface area contributed by atoms with E-state index in [1.807, 2.05) is 23.2 Å². The molecule has 6 nitrogen and oxygen atoms in total. The Morgan fingerprint density at radius 3 is 3.05 bits per heavy atom. The summed E-state index contributed by atoms with van der Waals surface area (Å²) in [6.45, 7) is 3.90. The van der Waals surface area contributed by atoms with E-state index in [1.54, 1.807) is 6.20 Å². The number of piperidine rings is 1. The zero-order valence-corrected chi connectivity index (χ0v) is 12.6. The highest BCUT2D eigenvalue weighted by Crippen LogP contribution is 2.28. The summed E-state index contributed by atoms with van der Waals surface area (Å²) in [5, 5.41) is 4.27. The summed E-state index contributed by atoms with van der Waals surface area (Å²) in [7, 11) is -2.25. The molecule has 0 aromatic carbocycles. The molecule has 7 heteroatoms. The lowest BCUT2D eigenvalue weighted by atomic mass is 9.93. The average Bonchev–Trinajstić information content (AvgIpc) is 2.94. The minimum Gasteiger partial charge on any atom is -0.346 e. The molecule has 0 bridgehead atoms. The second kappa shape index (κ2) is 5.87. The topological polar surface area (TPSA) is 78.1 Å². The van der Waals surface area contributed by atoms with Gasteiger partial charge in [0.1, 0.15) is 11.1 Å². The van der Waals surface area contributed by atoms with Crippen LogP contribution in [0.2, 0.25) is 0 Å². The van der Waals surface area contributed by atoms with Crippen LogP contribution in [0.15, 0.2) is 24.5 Å². The SMILES string of the molecule is CC1CCNCC1N(C=S(=O)=O)c1ccnc2[nH]ccc12. The molecule has 2 N–H and O–H groups in total. The van der Waals surface area contributed by atoms with Crippen LogP contribution in [-0.4, -0.2) is 43.0 Å². The van der Waals surface area contributed by atoms with Gasteiger partial charge in [0.2, 0.25) is 10.3 Å². The smallest absolute Gasteiger partial charge is 0.230 e. The fourth-order valence-corrected chi connectivity index (χ4v) is 3.38. The largest absolute Gasteiger partial charge is 0.346 e. The van der Waals surface area contributed by atoms with E-state index in [0.29, 0.717) is 5.92 Å². The molecule has 1 fully saturated rings. The van der Waals surface area contributed by atoms with Gasteiger partial charge in [0.25, 0.3) is 0 Å². The van der Waals surface area contributed by atoms with Gasteiger partial charge in [-0.2, -0.15) is 8.42 Å². The van der Waals surface area contributed by atoms with E-state index in [1.165, 1.54) is 5.49 Å².